The van der Waals surface area contributed by atoms with Gasteiger partial charge in [-0.05, 0) is 43.5 Å². The van der Waals surface area contributed by atoms with Gasteiger partial charge in [-0.1, -0.05) is 25.7 Å². The lowest BCUT2D eigenvalue weighted by molar-refractivity contribution is 0.0755. The molecule has 3 nitrogen and oxygen atoms in total. The maximum Gasteiger partial charge on any atom is 0.253 e. The molecule has 0 aromatic heterocycles. The summed E-state index contributed by atoms with van der Waals surface area (Å²) < 4.78 is 0. The highest BCUT2D eigenvalue weighted by atomic mass is 16.2. The first kappa shape index (κ1) is 16.3. The van der Waals surface area contributed by atoms with Crippen molar-refractivity contribution in [3.05, 3.63) is 34.9 Å². The number of rotatable bonds is 5. The molecule has 0 unspecified atom stereocenters. The molecule has 20 heavy (non-hydrogen) atoms. The molecule has 0 bridgehead atoms. The van der Waals surface area contributed by atoms with Crippen LogP contribution in [0, 0.1) is 18.8 Å². The quantitative estimate of drug-likeness (QED) is 0.837. The Balaban J connectivity index is 3.04. The van der Waals surface area contributed by atoms with Crippen molar-refractivity contribution in [3.63, 3.8) is 0 Å². The average molecular weight is 272 g/mol. The van der Waals surface area contributed by atoms with E-state index in [4.69, 9.17) is 5.73 Å². The molecule has 0 heterocycles. The van der Waals surface area contributed by atoms with Gasteiger partial charge in [0.05, 0.1) is 6.54 Å². The summed E-state index contributed by atoms with van der Waals surface area (Å²) in [6.07, 6.45) is 1.94. The monoisotopic (exact) mass is 272 g/mol. The van der Waals surface area contributed by atoms with Crippen LogP contribution in [-0.2, 0) is 0 Å². The van der Waals surface area contributed by atoms with Crippen molar-refractivity contribution >= 4 is 5.91 Å². The average Bonchev–Trinajstić information content (AvgIpc) is 2.43. The van der Waals surface area contributed by atoms with Crippen LogP contribution in [0.25, 0.3) is 0 Å². The molecule has 1 rings (SSSR count). The maximum absolute atomic E-state index is 12.6. The highest BCUT2D eigenvalue weighted by Gasteiger charge is 2.14. The summed E-state index contributed by atoms with van der Waals surface area (Å²) in [6, 6.07) is 5.76. The Morgan fingerprint density at radius 3 is 2.40 bits per heavy atom. The van der Waals surface area contributed by atoms with Gasteiger partial charge in [0.2, 0.25) is 0 Å². The van der Waals surface area contributed by atoms with E-state index in [1.807, 2.05) is 30.0 Å². The van der Waals surface area contributed by atoms with Gasteiger partial charge in [-0.3, -0.25) is 4.79 Å². The molecule has 1 aromatic carbocycles. The van der Waals surface area contributed by atoms with Crippen LogP contribution >= 0.6 is 0 Å². The van der Waals surface area contributed by atoms with Gasteiger partial charge in [-0.15, -0.1) is 0 Å². The molecule has 0 saturated carbocycles. The Hall–Kier alpha value is -1.79. The third kappa shape index (κ3) is 4.71. The van der Waals surface area contributed by atoms with E-state index >= 15 is 0 Å². The minimum Gasteiger partial charge on any atom is -0.339 e. The molecule has 0 aliphatic carbocycles. The lowest BCUT2D eigenvalue weighted by Gasteiger charge is -2.21. The van der Waals surface area contributed by atoms with E-state index in [0.717, 1.165) is 37.1 Å². The molecular formula is C17H24N2O. The molecular weight excluding hydrogens is 248 g/mol. The summed E-state index contributed by atoms with van der Waals surface area (Å²) in [4.78, 5) is 14.5. The second-order valence-corrected chi connectivity index (χ2v) is 4.89. The van der Waals surface area contributed by atoms with Gasteiger partial charge in [-0.2, -0.15) is 0 Å². The number of hydrogen-bond acceptors (Lipinski definition) is 2. The van der Waals surface area contributed by atoms with Crippen molar-refractivity contribution in [2.45, 2.75) is 33.6 Å². The largest absolute Gasteiger partial charge is 0.339 e. The molecule has 0 aliphatic rings. The topological polar surface area (TPSA) is 46.3 Å². The number of carbonyl (C=O) groups excluding carboxylic acids is 1. The molecule has 2 N–H and O–H groups in total. The lowest BCUT2D eigenvalue weighted by Crippen LogP contribution is -2.32. The number of nitrogens with zero attached hydrogens (tertiary/aromatic N) is 1. The highest BCUT2D eigenvalue weighted by Crippen LogP contribution is 2.12. The molecule has 108 valence electrons. The van der Waals surface area contributed by atoms with Crippen LogP contribution < -0.4 is 5.73 Å². The zero-order chi connectivity index (χ0) is 15.0. The smallest absolute Gasteiger partial charge is 0.253 e. The van der Waals surface area contributed by atoms with E-state index in [0.29, 0.717) is 12.1 Å². The van der Waals surface area contributed by atoms with Crippen LogP contribution in [0.5, 0.6) is 0 Å². The highest BCUT2D eigenvalue weighted by molar-refractivity contribution is 5.94. The van der Waals surface area contributed by atoms with E-state index < -0.39 is 0 Å². The summed E-state index contributed by atoms with van der Waals surface area (Å²) in [5.74, 6) is 5.92. The number of amides is 1. The van der Waals surface area contributed by atoms with Crippen molar-refractivity contribution in [1.29, 1.82) is 0 Å². The van der Waals surface area contributed by atoms with Crippen molar-refractivity contribution in [1.82, 2.24) is 4.90 Å². The minimum absolute atomic E-state index is 0.0909. The van der Waals surface area contributed by atoms with Crippen molar-refractivity contribution in [2.24, 2.45) is 5.73 Å². The van der Waals surface area contributed by atoms with Gasteiger partial charge in [0, 0.05) is 24.2 Å². The number of hydrogen-bond donors (Lipinski definition) is 1. The molecule has 3 heteroatoms. The fourth-order valence-corrected chi connectivity index (χ4v) is 2.17. The van der Waals surface area contributed by atoms with E-state index in [1.165, 1.54) is 0 Å². The zero-order valence-electron chi connectivity index (χ0n) is 12.7. The van der Waals surface area contributed by atoms with Gasteiger partial charge in [0.1, 0.15) is 0 Å². The summed E-state index contributed by atoms with van der Waals surface area (Å²) in [5, 5.41) is 0. The molecule has 0 radical (unpaired) electrons. The van der Waals surface area contributed by atoms with Crippen LogP contribution in [-0.4, -0.2) is 30.4 Å². The molecule has 1 aromatic rings. The number of benzene rings is 1. The van der Waals surface area contributed by atoms with Gasteiger partial charge in [-0.25, -0.2) is 0 Å². The van der Waals surface area contributed by atoms with Crippen molar-refractivity contribution < 1.29 is 4.79 Å². The summed E-state index contributed by atoms with van der Waals surface area (Å²) >= 11 is 0. The number of nitrogens with two attached hydrogens (primary N) is 1. The van der Waals surface area contributed by atoms with Crippen LogP contribution in [0.2, 0.25) is 0 Å². The number of aryl methyl sites for hydroxylation is 1. The zero-order valence-corrected chi connectivity index (χ0v) is 12.7. The predicted molar refractivity (Wildman–Crippen MR) is 83.6 cm³/mol. The van der Waals surface area contributed by atoms with Gasteiger partial charge in [0.15, 0.2) is 0 Å². The van der Waals surface area contributed by atoms with E-state index in [-0.39, 0.29) is 5.91 Å². The van der Waals surface area contributed by atoms with Gasteiger partial charge >= 0.3 is 0 Å². The summed E-state index contributed by atoms with van der Waals surface area (Å²) in [5.41, 5.74) is 8.01. The lowest BCUT2D eigenvalue weighted by atomic mass is 10.1. The van der Waals surface area contributed by atoms with Crippen LogP contribution in [0.15, 0.2) is 18.2 Å². The third-order valence-electron chi connectivity index (χ3n) is 2.93. The van der Waals surface area contributed by atoms with Crippen molar-refractivity contribution in [3.8, 4) is 11.8 Å². The molecule has 0 saturated heterocycles. The van der Waals surface area contributed by atoms with Crippen LogP contribution in [0.1, 0.15) is 48.2 Å². The van der Waals surface area contributed by atoms with Crippen LogP contribution in [0.4, 0.5) is 0 Å². The fourth-order valence-electron chi connectivity index (χ4n) is 2.17. The maximum atomic E-state index is 12.6. The molecule has 0 fully saturated rings. The molecule has 0 atom stereocenters. The van der Waals surface area contributed by atoms with E-state index in [1.54, 1.807) is 0 Å². The first-order valence-electron chi connectivity index (χ1n) is 7.22. The van der Waals surface area contributed by atoms with Crippen molar-refractivity contribution in [2.75, 3.05) is 19.6 Å². The Morgan fingerprint density at radius 1 is 1.20 bits per heavy atom. The predicted octanol–water partition coefficient (Wildman–Crippen LogP) is 2.57. The minimum atomic E-state index is 0.0909. The van der Waals surface area contributed by atoms with E-state index in [9.17, 15) is 4.79 Å². The fraction of sp³-hybridized carbons (Fsp3) is 0.471. The van der Waals surface area contributed by atoms with Crippen LogP contribution in [0.3, 0.4) is 0 Å². The first-order chi connectivity index (χ1) is 9.62. The van der Waals surface area contributed by atoms with Gasteiger partial charge < -0.3 is 10.6 Å². The second kappa shape index (κ2) is 8.39. The Bertz CT molecular complexity index is 505. The summed E-state index contributed by atoms with van der Waals surface area (Å²) in [6.45, 7) is 8.08. The standard InChI is InChI=1S/C17H24N2O/c1-4-9-19(10-5-2)17(20)16-12-14(3)11-15(13-16)7-6-8-18/h11-13H,4-5,8-10,18H2,1-3H3. The molecule has 1 amide bonds. The van der Waals surface area contributed by atoms with Gasteiger partial charge in [0.25, 0.3) is 5.91 Å². The second-order valence-electron chi connectivity index (χ2n) is 4.89. The Morgan fingerprint density at radius 2 is 1.85 bits per heavy atom. The first-order valence-corrected chi connectivity index (χ1v) is 7.22. The van der Waals surface area contributed by atoms with E-state index in [2.05, 4.69) is 25.7 Å². The number of carbonyl (C=O) groups is 1. The summed E-state index contributed by atoms with van der Waals surface area (Å²) in [7, 11) is 0. The third-order valence-corrected chi connectivity index (χ3v) is 2.93. The Labute approximate surface area is 122 Å². The molecule has 0 spiro atoms. The Kier molecular flexibility index (Phi) is 6.83. The molecule has 0 aliphatic heterocycles. The normalized spacial score (nSPS) is 9.80. The SMILES string of the molecule is CCCN(CCC)C(=O)c1cc(C)cc(C#CCN)c1.